The molecule has 0 fully saturated rings. The second kappa shape index (κ2) is 7.94. The summed E-state index contributed by atoms with van der Waals surface area (Å²) in [6, 6.07) is 6.65. The van der Waals surface area contributed by atoms with E-state index < -0.39 is 11.8 Å². The number of carbonyl (C=O) groups excluding carboxylic acids is 2. The molecule has 2 aromatic rings. The lowest BCUT2D eigenvalue weighted by Gasteiger charge is -2.23. The van der Waals surface area contributed by atoms with Crippen LogP contribution in [0.15, 0.2) is 36.7 Å². The van der Waals surface area contributed by atoms with Crippen molar-refractivity contribution >= 4 is 29.1 Å². The van der Waals surface area contributed by atoms with E-state index >= 15 is 0 Å². The van der Waals surface area contributed by atoms with Gasteiger partial charge in [0, 0.05) is 25.4 Å². The maximum Gasteiger partial charge on any atom is 0.313 e. The molecule has 2 N–H and O–H groups in total. The smallest absolute Gasteiger partial charge is 0.313 e. The molecule has 0 radical (unpaired) electrons. The average Bonchev–Trinajstić information content (AvgIpc) is 2.95. The SMILES string of the molecule is CN(C)C(CNC(=O)C(=O)Nc1ccccc1Cl)c1cnn(C)c1. The number of aromatic nitrogens is 2. The van der Waals surface area contributed by atoms with Gasteiger partial charge in [0.05, 0.1) is 22.9 Å². The van der Waals surface area contributed by atoms with Crippen LogP contribution < -0.4 is 10.6 Å². The highest BCUT2D eigenvalue weighted by Crippen LogP contribution is 2.20. The number of hydrogen-bond acceptors (Lipinski definition) is 4. The number of rotatable bonds is 5. The zero-order chi connectivity index (χ0) is 17.7. The Balaban J connectivity index is 1.95. The van der Waals surface area contributed by atoms with Gasteiger partial charge in [0.15, 0.2) is 0 Å². The normalized spacial score (nSPS) is 12.0. The Morgan fingerprint density at radius 2 is 2.00 bits per heavy atom. The highest BCUT2D eigenvalue weighted by molar-refractivity contribution is 6.41. The van der Waals surface area contributed by atoms with Gasteiger partial charge in [-0.1, -0.05) is 23.7 Å². The van der Waals surface area contributed by atoms with Gasteiger partial charge >= 0.3 is 11.8 Å². The summed E-state index contributed by atoms with van der Waals surface area (Å²) in [7, 11) is 5.62. The number of benzene rings is 1. The summed E-state index contributed by atoms with van der Waals surface area (Å²) in [5.74, 6) is -1.47. The molecule has 0 spiro atoms. The molecule has 1 aromatic carbocycles. The summed E-state index contributed by atoms with van der Waals surface area (Å²) in [5, 5.41) is 9.64. The van der Waals surface area contributed by atoms with E-state index in [-0.39, 0.29) is 12.6 Å². The lowest BCUT2D eigenvalue weighted by Crippen LogP contribution is -2.40. The highest BCUT2D eigenvalue weighted by atomic mass is 35.5. The van der Waals surface area contributed by atoms with E-state index in [1.807, 2.05) is 32.2 Å². The molecule has 0 aliphatic heterocycles. The van der Waals surface area contributed by atoms with Gasteiger partial charge in [0.25, 0.3) is 0 Å². The van der Waals surface area contributed by atoms with Crippen LogP contribution in [-0.4, -0.2) is 47.1 Å². The Bertz CT molecular complexity index is 729. The molecule has 0 aliphatic carbocycles. The van der Waals surface area contributed by atoms with Gasteiger partial charge in [0.1, 0.15) is 0 Å². The standard InChI is InChI=1S/C16H20ClN5O2/c1-21(2)14(11-8-19-22(3)10-11)9-18-15(23)16(24)20-13-7-5-4-6-12(13)17/h4-8,10,14H,9H2,1-3H3,(H,18,23)(H,20,24). The molecular formula is C16H20ClN5O2. The zero-order valence-corrected chi connectivity index (χ0v) is 14.5. The van der Waals surface area contributed by atoms with Crippen molar-refractivity contribution in [2.75, 3.05) is 26.0 Å². The highest BCUT2D eigenvalue weighted by Gasteiger charge is 2.20. The fourth-order valence-electron chi connectivity index (χ4n) is 2.22. The van der Waals surface area contributed by atoms with Gasteiger partial charge in [-0.05, 0) is 26.2 Å². The van der Waals surface area contributed by atoms with Gasteiger partial charge in [-0.2, -0.15) is 5.10 Å². The molecule has 0 bridgehead atoms. The van der Waals surface area contributed by atoms with E-state index in [4.69, 9.17) is 11.6 Å². The summed E-state index contributed by atoms with van der Waals surface area (Å²) in [6.45, 7) is 0.285. The number of likely N-dealkylation sites (N-methyl/N-ethyl adjacent to an activating group) is 1. The minimum absolute atomic E-state index is 0.0873. The maximum atomic E-state index is 12.0. The van der Waals surface area contributed by atoms with Crippen molar-refractivity contribution in [3.05, 3.63) is 47.2 Å². The number of anilines is 1. The number of para-hydroxylation sites is 1. The predicted molar refractivity (Wildman–Crippen MR) is 92.7 cm³/mol. The van der Waals surface area contributed by atoms with E-state index in [0.717, 1.165) is 5.56 Å². The fraction of sp³-hybridized carbons (Fsp3) is 0.312. The Morgan fingerprint density at radius 3 is 2.58 bits per heavy atom. The van der Waals surface area contributed by atoms with Crippen molar-refractivity contribution in [2.45, 2.75) is 6.04 Å². The lowest BCUT2D eigenvalue weighted by molar-refractivity contribution is -0.136. The van der Waals surface area contributed by atoms with E-state index in [9.17, 15) is 9.59 Å². The first-order valence-corrected chi connectivity index (χ1v) is 7.75. The van der Waals surface area contributed by atoms with Crippen molar-refractivity contribution < 1.29 is 9.59 Å². The number of nitrogens with zero attached hydrogens (tertiary/aromatic N) is 3. The number of halogens is 1. The molecule has 2 rings (SSSR count). The summed E-state index contributed by atoms with van der Waals surface area (Å²) < 4.78 is 1.69. The number of amides is 2. The Hall–Kier alpha value is -2.38. The van der Waals surface area contributed by atoms with Gasteiger partial charge in [-0.25, -0.2) is 0 Å². The number of aryl methyl sites for hydroxylation is 1. The molecule has 1 aromatic heterocycles. The van der Waals surface area contributed by atoms with Crippen LogP contribution in [-0.2, 0) is 16.6 Å². The second-order valence-corrected chi connectivity index (χ2v) is 5.98. The molecule has 0 saturated carbocycles. The first-order valence-electron chi connectivity index (χ1n) is 7.37. The molecule has 7 nitrogen and oxygen atoms in total. The van der Waals surface area contributed by atoms with E-state index in [2.05, 4.69) is 15.7 Å². The van der Waals surface area contributed by atoms with Crippen LogP contribution in [0.25, 0.3) is 0 Å². The number of hydrogen-bond donors (Lipinski definition) is 2. The monoisotopic (exact) mass is 349 g/mol. The zero-order valence-electron chi connectivity index (χ0n) is 13.8. The second-order valence-electron chi connectivity index (χ2n) is 5.57. The predicted octanol–water partition coefficient (Wildman–Crippen LogP) is 1.43. The Labute approximate surface area is 145 Å². The Kier molecular flexibility index (Phi) is 5.94. The van der Waals surface area contributed by atoms with E-state index in [1.165, 1.54) is 0 Å². The summed E-state index contributed by atoms with van der Waals surface area (Å²) >= 11 is 5.96. The molecule has 0 aliphatic rings. The Morgan fingerprint density at radius 1 is 1.29 bits per heavy atom. The van der Waals surface area contributed by atoms with Gasteiger partial charge in [0.2, 0.25) is 0 Å². The third-order valence-electron chi connectivity index (χ3n) is 3.52. The average molecular weight is 350 g/mol. The van der Waals surface area contributed by atoms with Crippen LogP contribution in [0, 0.1) is 0 Å². The molecule has 128 valence electrons. The van der Waals surface area contributed by atoms with Gasteiger partial charge in [-0.3, -0.25) is 14.3 Å². The molecule has 0 saturated heterocycles. The molecule has 1 heterocycles. The molecule has 8 heteroatoms. The third-order valence-corrected chi connectivity index (χ3v) is 3.85. The van der Waals surface area contributed by atoms with Crippen molar-refractivity contribution in [1.29, 1.82) is 0 Å². The van der Waals surface area contributed by atoms with Crippen molar-refractivity contribution in [2.24, 2.45) is 7.05 Å². The summed E-state index contributed by atoms with van der Waals surface area (Å²) in [4.78, 5) is 25.9. The number of carbonyl (C=O) groups is 2. The van der Waals surface area contributed by atoms with Gasteiger partial charge < -0.3 is 15.5 Å². The van der Waals surface area contributed by atoms with Crippen molar-refractivity contribution in [3.8, 4) is 0 Å². The van der Waals surface area contributed by atoms with Crippen molar-refractivity contribution in [1.82, 2.24) is 20.0 Å². The van der Waals surface area contributed by atoms with E-state index in [0.29, 0.717) is 10.7 Å². The van der Waals surface area contributed by atoms with Crippen LogP contribution in [0.4, 0.5) is 5.69 Å². The first kappa shape index (κ1) is 18.0. The van der Waals surface area contributed by atoms with Crippen LogP contribution in [0.3, 0.4) is 0 Å². The quantitative estimate of drug-likeness (QED) is 0.800. The minimum Gasteiger partial charge on any atom is -0.346 e. The molecule has 24 heavy (non-hydrogen) atoms. The molecule has 2 amide bonds. The fourth-order valence-corrected chi connectivity index (χ4v) is 2.41. The third kappa shape index (κ3) is 4.56. The molecular weight excluding hydrogens is 330 g/mol. The minimum atomic E-state index is -0.758. The number of nitrogens with one attached hydrogen (secondary N) is 2. The maximum absolute atomic E-state index is 12.0. The summed E-state index contributed by atoms with van der Waals surface area (Å²) in [5.41, 5.74) is 1.35. The lowest BCUT2D eigenvalue weighted by atomic mass is 10.1. The van der Waals surface area contributed by atoms with Crippen LogP contribution in [0.5, 0.6) is 0 Å². The van der Waals surface area contributed by atoms with E-state index in [1.54, 1.807) is 35.1 Å². The first-order chi connectivity index (χ1) is 11.4. The topological polar surface area (TPSA) is 79.3 Å². The molecule has 1 unspecified atom stereocenters. The van der Waals surface area contributed by atoms with Crippen LogP contribution in [0.2, 0.25) is 5.02 Å². The van der Waals surface area contributed by atoms with Crippen LogP contribution in [0.1, 0.15) is 11.6 Å². The molecule has 1 atom stereocenters. The summed E-state index contributed by atoms with van der Waals surface area (Å²) in [6.07, 6.45) is 3.61. The van der Waals surface area contributed by atoms with Crippen LogP contribution >= 0.6 is 11.6 Å². The van der Waals surface area contributed by atoms with Crippen molar-refractivity contribution in [3.63, 3.8) is 0 Å². The van der Waals surface area contributed by atoms with Gasteiger partial charge in [-0.15, -0.1) is 0 Å². The largest absolute Gasteiger partial charge is 0.346 e.